The second-order valence-electron chi connectivity index (χ2n) is 2.19. The normalized spacial score (nSPS) is 17.9. The highest BCUT2D eigenvalue weighted by Gasteiger charge is 2.45. The number of carbonyl (C=O) groups excluding carboxylic acids is 2. The molecule has 0 aliphatic carbocycles. The van der Waals surface area contributed by atoms with E-state index in [2.05, 4.69) is 5.32 Å². The highest BCUT2D eigenvalue weighted by molar-refractivity contribution is 5.98. The van der Waals surface area contributed by atoms with E-state index in [1.54, 1.807) is 0 Å². The molecule has 0 aromatic heterocycles. The number of nitrogens with zero attached hydrogens (tertiary/aromatic N) is 1. The Hall–Kier alpha value is -1.27. The SMILES string of the molecule is O=C1NCCN1C(=O)C(F)(F)F. The number of imide groups is 1. The summed E-state index contributed by atoms with van der Waals surface area (Å²) in [7, 11) is 0. The molecule has 0 aromatic rings. The number of carbonyl (C=O) groups is 2. The summed E-state index contributed by atoms with van der Waals surface area (Å²) in [6.45, 7) is -0.155. The van der Waals surface area contributed by atoms with E-state index in [1.807, 2.05) is 0 Å². The van der Waals surface area contributed by atoms with E-state index in [4.69, 9.17) is 0 Å². The third-order valence-electron chi connectivity index (χ3n) is 1.34. The summed E-state index contributed by atoms with van der Waals surface area (Å²) in [5.74, 6) is -2.11. The summed E-state index contributed by atoms with van der Waals surface area (Å²) in [6.07, 6.45) is -4.97. The van der Waals surface area contributed by atoms with Crippen molar-refractivity contribution in [1.82, 2.24) is 10.2 Å². The fraction of sp³-hybridized carbons (Fsp3) is 0.600. The second kappa shape index (κ2) is 2.65. The second-order valence-corrected chi connectivity index (χ2v) is 2.19. The number of halogens is 3. The molecule has 1 fully saturated rings. The number of hydrogen-bond donors (Lipinski definition) is 1. The summed E-state index contributed by atoms with van der Waals surface area (Å²) in [5, 5.41) is 2.09. The Bertz CT molecular complexity index is 225. The Morgan fingerprint density at radius 1 is 1.50 bits per heavy atom. The molecule has 1 saturated heterocycles. The maximum Gasteiger partial charge on any atom is 0.471 e. The number of rotatable bonds is 0. The van der Waals surface area contributed by atoms with Crippen LogP contribution in [0, 0.1) is 0 Å². The minimum Gasteiger partial charge on any atom is -0.336 e. The van der Waals surface area contributed by atoms with Crippen LogP contribution in [0.5, 0.6) is 0 Å². The molecule has 4 nitrogen and oxygen atoms in total. The summed E-state index contributed by atoms with van der Waals surface area (Å²) >= 11 is 0. The van der Waals surface area contributed by atoms with Gasteiger partial charge in [-0.15, -0.1) is 0 Å². The molecule has 0 spiro atoms. The fourth-order valence-electron chi connectivity index (χ4n) is 0.818. The largest absolute Gasteiger partial charge is 0.471 e. The lowest BCUT2D eigenvalue weighted by Crippen LogP contribution is -2.42. The van der Waals surface area contributed by atoms with Crippen LogP contribution in [0.1, 0.15) is 0 Å². The average Bonchev–Trinajstić information content (AvgIpc) is 2.31. The van der Waals surface area contributed by atoms with Crippen LogP contribution in [0.3, 0.4) is 0 Å². The zero-order valence-corrected chi connectivity index (χ0v) is 5.81. The molecule has 68 valence electrons. The number of hydrogen-bond acceptors (Lipinski definition) is 2. The Labute approximate surface area is 65.3 Å². The molecule has 1 aliphatic rings. The molecule has 1 rings (SSSR count). The molecule has 12 heavy (non-hydrogen) atoms. The molecule has 1 heterocycles. The highest BCUT2D eigenvalue weighted by atomic mass is 19.4. The van der Waals surface area contributed by atoms with Gasteiger partial charge < -0.3 is 5.32 Å². The molecule has 0 aromatic carbocycles. The van der Waals surface area contributed by atoms with Gasteiger partial charge >= 0.3 is 18.1 Å². The van der Waals surface area contributed by atoms with Gasteiger partial charge in [0.25, 0.3) is 0 Å². The summed E-state index contributed by atoms with van der Waals surface area (Å²) in [6, 6.07) is -0.989. The topological polar surface area (TPSA) is 49.4 Å². The predicted molar refractivity (Wildman–Crippen MR) is 31.2 cm³/mol. The lowest BCUT2D eigenvalue weighted by Gasteiger charge is -2.13. The Morgan fingerprint density at radius 2 is 2.08 bits per heavy atom. The third-order valence-corrected chi connectivity index (χ3v) is 1.34. The molecular weight excluding hydrogens is 177 g/mol. The third kappa shape index (κ3) is 1.49. The monoisotopic (exact) mass is 182 g/mol. The van der Waals surface area contributed by atoms with Gasteiger partial charge in [0, 0.05) is 13.1 Å². The molecule has 0 bridgehead atoms. The highest BCUT2D eigenvalue weighted by Crippen LogP contribution is 2.19. The summed E-state index contributed by atoms with van der Waals surface area (Å²) < 4.78 is 35.1. The first kappa shape index (κ1) is 8.82. The van der Waals surface area contributed by atoms with Crippen LogP contribution in [0.2, 0.25) is 0 Å². The predicted octanol–water partition coefficient (Wildman–Crippen LogP) is 0.100. The van der Waals surface area contributed by atoms with Gasteiger partial charge in [0.05, 0.1) is 0 Å². The molecule has 0 saturated carbocycles. The van der Waals surface area contributed by atoms with Gasteiger partial charge in [0.1, 0.15) is 0 Å². The standard InChI is InChI=1S/C5H5F3N2O2/c6-5(7,8)3(11)10-2-1-9-4(10)12/h1-2H2,(H,9,12). The minimum absolute atomic E-state index is 0.0701. The Kier molecular flexibility index (Phi) is 1.95. The first-order chi connectivity index (χ1) is 5.43. The van der Waals surface area contributed by atoms with E-state index in [1.165, 1.54) is 0 Å². The van der Waals surface area contributed by atoms with Gasteiger partial charge in [-0.1, -0.05) is 0 Å². The van der Waals surface area contributed by atoms with E-state index in [-0.39, 0.29) is 18.0 Å². The Balaban J connectivity index is 2.71. The zero-order valence-electron chi connectivity index (χ0n) is 5.81. The van der Waals surface area contributed by atoms with E-state index >= 15 is 0 Å². The molecular formula is C5H5F3N2O2. The summed E-state index contributed by atoms with van der Waals surface area (Å²) in [5.41, 5.74) is 0. The molecule has 0 unspecified atom stereocenters. The van der Waals surface area contributed by atoms with Crippen molar-refractivity contribution < 1.29 is 22.8 Å². The van der Waals surface area contributed by atoms with Crippen LogP contribution in [0.25, 0.3) is 0 Å². The fourth-order valence-corrected chi connectivity index (χ4v) is 0.818. The van der Waals surface area contributed by atoms with Crippen molar-refractivity contribution in [3.63, 3.8) is 0 Å². The maximum atomic E-state index is 11.7. The van der Waals surface area contributed by atoms with Crippen LogP contribution < -0.4 is 5.32 Å². The summed E-state index contributed by atoms with van der Waals surface area (Å²) in [4.78, 5) is 21.1. The van der Waals surface area contributed by atoms with E-state index in [0.717, 1.165) is 0 Å². The molecule has 3 amide bonds. The first-order valence-corrected chi connectivity index (χ1v) is 3.09. The van der Waals surface area contributed by atoms with Crippen molar-refractivity contribution in [2.75, 3.05) is 13.1 Å². The smallest absolute Gasteiger partial charge is 0.336 e. The Morgan fingerprint density at radius 3 is 2.42 bits per heavy atom. The minimum atomic E-state index is -4.97. The number of nitrogens with one attached hydrogen (secondary N) is 1. The average molecular weight is 182 g/mol. The van der Waals surface area contributed by atoms with Crippen LogP contribution in [0.15, 0.2) is 0 Å². The van der Waals surface area contributed by atoms with E-state index < -0.39 is 18.1 Å². The lowest BCUT2D eigenvalue weighted by molar-refractivity contribution is -0.181. The van der Waals surface area contributed by atoms with Crippen molar-refractivity contribution >= 4 is 11.9 Å². The number of amides is 3. The molecule has 0 atom stereocenters. The van der Waals surface area contributed by atoms with E-state index in [0.29, 0.717) is 0 Å². The molecule has 0 radical (unpaired) electrons. The van der Waals surface area contributed by atoms with Crippen LogP contribution in [-0.4, -0.2) is 36.1 Å². The van der Waals surface area contributed by atoms with Gasteiger partial charge in [0.2, 0.25) is 0 Å². The maximum absolute atomic E-state index is 11.7. The van der Waals surface area contributed by atoms with Crippen molar-refractivity contribution in [2.45, 2.75) is 6.18 Å². The quantitative estimate of drug-likeness (QED) is 0.577. The van der Waals surface area contributed by atoms with Gasteiger partial charge in [-0.25, -0.2) is 4.79 Å². The van der Waals surface area contributed by atoms with Crippen molar-refractivity contribution in [2.24, 2.45) is 0 Å². The first-order valence-electron chi connectivity index (χ1n) is 3.09. The molecule has 7 heteroatoms. The van der Waals surface area contributed by atoms with Crippen molar-refractivity contribution in [3.05, 3.63) is 0 Å². The van der Waals surface area contributed by atoms with Crippen LogP contribution >= 0.6 is 0 Å². The van der Waals surface area contributed by atoms with Gasteiger partial charge in [-0.3, -0.25) is 9.69 Å². The molecule has 1 N–H and O–H groups in total. The van der Waals surface area contributed by atoms with Gasteiger partial charge in [-0.2, -0.15) is 13.2 Å². The zero-order chi connectivity index (χ0) is 9.35. The van der Waals surface area contributed by atoms with Gasteiger partial charge in [-0.05, 0) is 0 Å². The number of alkyl halides is 3. The van der Waals surface area contributed by atoms with Crippen molar-refractivity contribution in [3.8, 4) is 0 Å². The van der Waals surface area contributed by atoms with Gasteiger partial charge in [0.15, 0.2) is 0 Å². The van der Waals surface area contributed by atoms with Crippen LogP contribution in [0.4, 0.5) is 18.0 Å². The number of urea groups is 1. The van der Waals surface area contributed by atoms with Crippen LogP contribution in [-0.2, 0) is 4.79 Å². The molecule has 1 aliphatic heterocycles. The van der Waals surface area contributed by atoms with Crippen molar-refractivity contribution in [1.29, 1.82) is 0 Å². The van der Waals surface area contributed by atoms with E-state index in [9.17, 15) is 22.8 Å². The lowest BCUT2D eigenvalue weighted by atomic mass is 10.5.